The molecule has 0 spiro atoms. The number of imidazole rings is 1. The Balaban J connectivity index is 1.31. The normalized spacial score (nSPS) is 17.2. The highest BCUT2D eigenvalue weighted by Crippen LogP contribution is 2.44. The van der Waals surface area contributed by atoms with Crippen LogP contribution >= 0.6 is 0 Å². The molecule has 0 aliphatic carbocycles. The molecule has 0 radical (unpaired) electrons. The summed E-state index contributed by atoms with van der Waals surface area (Å²) < 4.78 is 21.2. The van der Waals surface area contributed by atoms with Gasteiger partial charge in [-0.3, -0.25) is 14.5 Å². The van der Waals surface area contributed by atoms with Gasteiger partial charge in [-0.15, -0.1) is 0 Å². The van der Waals surface area contributed by atoms with Crippen LogP contribution in [0.2, 0.25) is 0 Å². The van der Waals surface area contributed by atoms with E-state index in [1.165, 1.54) is 12.1 Å². The molecule has 0 unspecified atom stereocenters. The van der Waals surface area contributed by atoms with Gasteiger partial charge in [0.05, 0.1) is 41.1 Å². The number of rotatable bonds is 6. The molecule has 2 aliphatic heterocycles. The van der Waals surface area contributed by atoms with E-state index in [9.17, 15) is 4.39 Å². The monoisotopic (exact) mass is 556 g/mol. The van der Waals surface area contributed by atoms with Crippen LogP contribution in [0.1, 0.15) is 12.8 Å². The van der Waals surface area contributed by atoms with Crippen molar-refractivity contribution in [2.45, 2.75) is 18.9 Å². The van der Waals surface area contributed by atoms with Crippen LogP contribution in [0, 0.1) is 5.82 Å². The molecule has 0 saturated carbocycles. The highest BCUT2D eigenvalue weighted by molar-refractivity contribution is 5.95. The molecular weight excluding hydrogens is 519 g/mol. The summed E-state index contributed by atoms with van der Waals surface area (Å²) in [6.07, 6.45) is 7.50. The zero-order valence-electron chi connectivity index (χ0n) is 23.6. The van der Waals surface area contributed by atoms with E-state index in [1.54, 1.807) is 31.6 Å². The lowest BCUT2D eigenvalue weighted by atomic mass is 9.99. The van der Waals surface area contributed by atoms with Gasteiger partial charge < -0.3 is 26.0 Å². The summed E-state index contributed by atoms with van der Waals surface area (Å²) in [5.41, 5.74) is 18.4. The summed E-state index contributed by atoms with van der Waals surface area (Å²) in [4.78, 5) is 16.6. The third kappa shape index (κ3) is 5.32. The van der Waals surface area contributed by atoms with Gasteiger partial charge in [-0.05, 0) is 56.3 Å². The van der Waals surface area contributed by atoms with Gasteiger partial charge in [0.2, 0.25) is 0 Å². The van der Waals surface area contributed by atoms with Crippen LogP contribution in [-0.2, 0) is 0 Å². The Labute approximate surface area is 240 Å². The molecule has 4 N–H and O–H groups in total. The van der Waals surface area contributed by atoms with Gasteiger partial charge in [-0.1, -0.05) is 0 Å². The number of pyridine rings is 1. The third-order valence-corrected chi connectivity index (χ3v) is 8.45. The second-order valence-electron chi connectivity index (χ2n) is 10.9. The number of methoxy groups -OCH3 is 1. The molecule has 214 valence electrons. The van der Waals surface area contributed by atoms with Crippen LogP contribution in [-0.4, -0.2) is 83.8 Å². The predicted molar refractivity (Wildman–Crippen MR) is 162 cm³/mol. The number of hydrogen-bond acceptors (Lipinski definition) is 8. The van der Waals surface area contributed by atoms with E-state index in [-0.39, 0.29) is 5.82 Å². The Morgan fingerprint density at radius 2 is 1.61 bits per heavy atom. The van der Waals surface area contributed by atoms with Crippen LogP contribution in [0.4, 0.5) is 21.5 Å². The van der Waals surface area contributed by atoms with Gasteiger partial charge in [0.25, 0.3) is 0 Å². The zero-order chi connectivity index (χ0) is 28.5. The minimum Gasteiger partial charge on any atom is -0.494 e. The second kappa shape index (κ2) is 11.4. The molecule has 0 atom stereocenters. The van der Waals surface area contributed by atoms with Crippen LogP contribution in [0.25, 0.3) is 28.3 Å². The van der Waals surface area contributed by atoms with E-state index >= 15 is 0 Å². The quantitative estimate of drug-likeness (QED) is 0.342. The van der Waals surface area contributed by atoms with Crippen LogP contribution in [0.3, 0.4) is 0 Å². The fourth-order valence-electron chi connectivity index (χ4n) is 6.07. The first-order valence-corrected chi connectivity index (χ1v) is 14.1. The van der Waals surface area contributed by atoms with Crippen LogP contribution in [0.15, 0.2) is 61.1 Å². The summed E-state index contributed by atoms with van der Waals surface area (Å²) in [6.45, 7) is 6.34. The maximum absolute atomic E-state index is 13.5. The van der Waals surface area contributed by atoms with Crippen molar-refractivity contribution in [3.05, 3.63) is 66.9 Å². The summed E-state index contributed by atoms with van der Waals surface area (Å²) in [5, 5.41) is 0. The minimum atomic E-state index is -0.290. The second-order valence-corrected chi connectivity index (χ2v) is 10.9. The number of nitrogens with two attached hydrogens (primary N) is 2. The smallest absolute Gasteiger partial charge is 0.144 e. The van der Waals surface area contributed by atoms with Crippen molar-refractivity contribution in [1.29, 1.82) is 0 Å². The van der Waals surface area contributed by atoms with Gasteiger partial charge in [0.1, 0.15) is 17.4 Å². The van der Waals surface area contributed by atoms with Crippen LogP contribution in [0.5, 0.6) is 5.75 Å². The lowest BCUT2D eigenvalue weighted by Gasteiger charge is -2.43. The average Bonchev–Trinajstić information content (AvgIpc) is 3.49. The van der Waals surface area contributed by atoms with Gasteiger partial charge in [-0.2, -0.15) is 0 Å². The van der Waals surface area contributed by atoms with E-state index in [4.69, 9.17) is 16.2 Å². The maximum Gasteiger partial charge on any atom is 0.144 e. The highest BCUT2D eigenvalue weighted by atomic mass is 19.1. The van der Waals surface area contributed by atoms with Gasteiger partial charge >= 0.3 is 0 Å². The van der Waals surface area contributed by atoms with Gasteiger partial charge in [0, 0.05) is 75.5 Å². The van der Waals surface area contributed by atoms with Gasteiger partial charge in [-0.25, -0.2) is 9.37 Å². The van der Waals surface area contributed by atoms with E-state index in [0.717, 1.165) is 69.0 Å². The average molecular weight is 557 g/mol. The lowest BCUT2D eigenvalue weighted by Crippen LogP contribution is -2.52. The summed E-state index contributed by atoms with van der Waals surface area (Å²) in [6, 6.07) is 12.7. The molecule has 2 fully saturated rings. The third-order valence-electron chi connectivity index (χ3n) is 8.45. The van der Waals surface area contributed by atoms with Crippen molar-refractivity contribution in [3.63, 3.8) is 0 Å². The lowest BCUT2D eigenvalue weighted by molar-refractivity contribution is 0.0982. The summed E-state index contributed by atoms with van der Waals surface area (Å²) >= 11 is 0. The Morgan fingerprint density at radius 1 is 0.878 bits per heavy atom. The first-order valence-electron chi connectivity index (χ1n) is 14.1. The number of anilines is 3. The Kier molecular flexibility index (Phi) is 7.51. The van der Waals surface area contributed by atoms with E-state index in [1.807, 2.05) is 29.0 Å². The summed E-state index contributed by atoms with van der Waals surface area (Å²) in [7, 11) is 3.82. The standard InChI is InChI=1S/C31H37FN8O/c1-37-15-17-38(18-16-37)23-8-12-39(13-9-23)26-20-27(41-2)30(34)28(29(26)33)25-19-24(7-10-35-25)40-14-11-36-31(40)21-3-5-22(32)6-4-21/h3-7,10-11,14,19-20,23H,8-9,12-13,15-18,33-34H2,1-2H3. The molecule has 41 heavy (non-hydrogen) atoms. The number of aromatic nitrogens is 3. The van der Waals surface area contributed by atoms with Crippen molar-refractivity contribution < 1.29 is 9.13 Å². The number of nitrogens with zero attached hydrogens (tertiary/aromatic N) is 6. The fourth-order valence-corrected chi connectivity index (χ4v) is 6.07. The largest absolute Gasteiger partial charge is 0.494 e. The van der Waals surface area contributed by atoms with E-state index in [0.29, 0.717) is 40.2 Å². The number of nitrogen functional groups attached to an aromatic ring is 2. The Morgan fingerprint density at radius 3 is 2.32 bits per heavy atom. The van der Waals surface area contributed by atoms with Crippen molar-refractivity contribution in [3.8, 4) is 34.1 Å². The topological polar surface area (TPSA) is 102 Å². The molecule has 6 rings (SSSR count). The van der Waals surface area contributed by atoms with Crippen molar-refractivity contribution in [1.82, 2.24) is 24.3 Å². The predicted octanol–water partition coefficient (Wildman–Crippen LogP) is 4.13. The number of piperazine rings is 1. The Hall–Kier alpha value is -4.15. The number of hydrogen-bond donors (Lipinski definition) is 2. The van der Waals surface area contributed by atoms with Crippen LogP contribution < -0.4 is 21.1 Å². The highest BCUT2D eigenvalue weighted by Gasteiger charge is 2.29. The molecule has 4 heterocycles. The van der Waals surface area contributed by atoms with Crippen molar-refractivity contribution in [2.24, 2.45) is 0 Å². The van der Waals surface area contributed by atoms with Crippen molar-refractivity contribution >= 4 is 17.1 Å². The molecule has 0 amide bonds. The van der Waals surface area contributed by atoms with E-state index < -0.39 is 0 Å². The summed E-state index contributed by atoms with van der Waals surface area (Å²) in [5.74, 6) is 0.978. The zero-order valence-corrected chi connectivity index (χ0v) is 23.6. The molecule has 2 aliphatic rings. The van der Waals surface area contributed by atoms with Crippen molar-refractivity contribution in [2.75, 3.05) is 69.8 Å². The molecule has 9 nitrogen and oxygen atoms in total. The number of likely N-dealkylation sites (N-methyl/N-ethyl adjacent to an activating group) is 1. The molecule has 4 aromatic rings. The fraction of sp³-hybridized carbons (Fsp3) is 0.355. The minimum absolute atomic E-state index is 0.290. The SMILES string of the molecule is COc1cc(N2CCC(N3CCN(C)CC3)CC2)c(N)c(-c2cc(-n3ccnc3-c3ccc(F)cc3)ccn2)c1N. The molecular formula is C31H37FN8O. The molecule has 10 heteroatoms. The Bertz CT molecular complexity index is 1510. The first kappa shape index (κ1) is 27.0. The first-order chi connectivity index (χ1) is 19.9. The molecule has 2 aromatic carbocycles. The number of piperidine rings is 1. The number of ether oxygens (including phenoxy) is 1. The van der Waals surface area contributed by atoms with E-state index in [2.05, 4.69) is 31.7 Å². The van der Waals surface area contributed by atoms with Gasteiger partial charge in [0.15, 0.2) is 0 Å². The molecule has 2 aromatic heterocycles. The number of benzene rings is 2. The number of halogens is 1. The molecule has 0 bridgehead atoms. The maximum atomic E-state index is 13.5. The molecule has 2 saturated heterocycles.